The summed E-state index contributed by atoms with van der Waals surface area (Å²) in [6.07, 6.45) is -0.00690. The monoisotopic (exact) mass is 220 g/mol. The molecule has 1 saturated heterocycles. The highest BCUT2D eigenvalue weighted by molar-refractivity contribution is 5.28. The second-order valence-corrected chi connectivity index (χ2v) is 4.33. The average molecular weight is 220 g/mol. The van der Waals surface area contributed by atoms with Crippen molar-refractivity contribution in [1.82, 2.24) is 0 Å². The minimum absolute atomic E-state index is 0.00690. The van der Waals surface area contributed by atoms with Gasteiger partial charge in [0.05, 0.1) is 6.61 Å². The Kier molecular flexibility index (Phi) is 3.17. The van der Waals surface area contributed by atoms with E-state index < -0.39 is 5.79 Å². The Bertz CT molecular complexity index is 343. The molecule has 1 atom stereocenters. The molecule has 1 aliphatic rings. The Hall–Kier alpha value is -1.06. The lowest BCUT2D eigenvalue weighted by atomic mass is 10.2. The Morgan fingerprint density at radius 1 is 1.38 bits per heavy atom. The molecule has 1 heterocycles. The highest BCUT2D eigenvalue weighted by atomic mass is 16.7. The standard InChI is InChI=1S/C13H16O3/c1-10-4-6-11(7-5-10)14-8-12-9-15-13(2,3)16-12/h1,4-7,12H,8-9H2,2-3H3. The molecule has 16 heavy (non-hydrogen) atoms. The van der Waals surface area contributed by atoms with E-state index >= 15 is 0 Å². The first-order valence-corrected chi connectivity index (χ1v) is 5.35. The summed E-state index contributed by atoms with van der Waals surface area (Å²) in [5, 5.41) is 0. The van der Waals surface area contributed by atoms with Crippen LogP contribution in [-0.2, 0) is 9.47 Å². The Morgan fingerprint density at radius 3 is 2.62 bits per heavy atom. The van der Waals surface area contributed by atoms with Crippen molar-refractivity contribution >= 4 is 0 Å². The molecule has 3 nitrogen and oxygen atoms in total. The number of hydrogen-bond donors (Lipinski definition) is 0. The van der Waals surface area contributed by atoms with Gasteiger partial charge in [0.1, 0.15) is 18.5 Å². The average Bonchev–Trinajstić information content (AvgIpc) is 2.58. The van der Waals surface area contributed by atoms with Gasteiger partial charge in [0, 0.05) is 0 Å². The number of hydrogen-bond acceptors (Lipinski definition) is 3. The third-order valence-corrected chi connectivity index (χ3v) is 2.38. The number of benzene rings is 1. The Labute approximate surface area is 96.3 Å². The zero-order valence-corrected chi connectivity index (χ0v) is 9.60. The van der Waals surface area contributed by atoms with E-state index in [4.69, 9.17) is 21.1 Å². The van der Waals surface area contributed by atoms with Gasteiger partial charge in [-0.15, -0.1) is 0 Å². The number of ether oxygens (including phenoxy) is 3. The van der Waals surface area contributed by atoms with Gasteiger partial charge in [0.25, 0.3) is 0 Å². The lowest BCUT2D eigenvalue weighted by molar-refractivity contribution is -0.141. The highest BCUT2D eigenvalue weighted by Gasteiger charge is 2.32. The van der Waals surface area contributed by atoms with E-state index in [0.29, 0.717) is 13.2 Å². The van der Waals surface area contributed by atoms with E-state index in [1.165, 1.54) is 0 Å². The molecule has 0 spiro atoms. The van der Waals surface area contributed by atoms with Crippen molar-refractivity contribution in [1.29, 1.82) is 0 Å². The largest absolute Gasteiger partial charge is 0.491 e. The molecule has 2 radical (unpaired) electrons. The zero-order valence-electron chi connectivity index (χ0n) is 9.60. The molecule has 3 heteroatoms. The molecule has 1 unspecified atom stereocenters. The van der Waals surface area contributed by atoms with Crippen LogP contribution in [-0.4, -0.2) is 25.1 Å². The minimum atomic E-state index is -0.491. The first-order chi connectivity index (χ1) is 7.55. The van der Waals surface area contributed by atoms with E-state index in [-0.39, 0.29) is 6.10 Å². The summed E-state index contributed by atoms with van der Waals surface area (Å²) in [7, 11) is 0. The van der Waals surface area contributed by atoms with Gasteiger partial charge in [-0.1, -0.05) is 12.1 Å². The molecule has 2 rings (SSSR count). The van der Waals surface area contributed by atoms with Gasteiger partial charge >= 0.3 is 0 Å². The van der Waals surface area contributed by atoms with Gasteiger partial charge in [0.15, 0.2) is 5.79 Å². The maximum absolute atomic E-state index is 5.62. The summed E-state index contributed by atoms with van der Waals surface area (Å²) in [6, 6.07) is 7.31. The summed E-state index contributed by atoms with van der Waals surface area (Å²) in [5.74, 6) is 0.303. The van der Waals surface area contributed by atoms with Crippen LogP contribution in [0.25, 0.3) is 0 Å². The maximum Gasteiger partial charge on any atom is 0.163 e. The third-order valence-electron chi connectivity index (χ3n) is 2.38. The highest BCUT2D eigenvalue weighted by Crippen LogP contribution is 2.23. The van der Waals surface area contributed by atoms with Crippen LogP contribution in [0.4, 0.5) is 0 Å². The molecule has 0 bridgehead atoms. The molecule has 1 fully saturated rings. The van der Waals surface area contributed by atoms with Crippen molar-refractivity contribution in [3.63, 3.8) is 0 Å². The fourth-order valence-electron chi connectivity index (χ4n) is 1.60. The lowest BCUT2D eigenvalue weighted by Crippen LogP contribution is -2.25. The van der Waals surface area contributed by atoms with E-state index in [0.717, 1.165) is 11.3 Å². The third kappa shape index (κ3) is 2.97. The fraction of sp³-hybridized carbons (Fsp3) is 0.462. The van der Waals surface area contributed by atoms with Crippen molar-refractivity contribution in [2.45, 2.75) is 25.7 Å². The normalized spacial score (nSPS) is 23.3. The molecule has 1 aromatic rings. The molecule has 1 aliphatic heterocycles. The quantitative estimate of drug-likeness (QED) is 0.782. The Balaban J connectivity index is 1.82. The molecule has 0 aliphatic carbocycles. The van der Waals surface area contributed by atoms with Crippen molar-refractivity contribution in [2.75, 3.05) is 13.2 Å². The van der Waals surface area contributed by atoms with Crippen molar-refractivity contribution in [2.24, 2.45) is 0 Å². The van der Waals surface area contributed by atoms with E-state index in [1.807, 2.05) is 38.1 Å². The van der Waals surface area contributed by atoms with Crippen LogP contribution < -0.4 is 4.74 Å². The predicted octanol–water partition coefficient (Wildman–Crippen LogP) is 2.28. The van der Waals surface area contributed by atoms with Crippen LogP contribution in [0.1, 0.15) is 19.4 Å². The summed E-state index contributed by atoms with van der Waals surface area (Å²) < 4.78 is 16.6. The second kappa shape index (κ2) is 4.44. The predicted molar refractivity (Wildman–Crippen MR) is 60.2 cm³/mol. The van der Waals surface area contributed by atoms with Gasteiger partial charge in [-0.25, -0.2) is 0 Å². The molecule has 0 amide bonds. The first kappa shape index (κ1) is 11.4. The van der Waals surface area contributed by atoms with Gasteiger partial charge in [-0.3, -0.25) is 0 Å². The lowest BCUT2D eigenvalue weighted by Gasteiger charge is -2.17. The fourth-order valence-corrected chi connectivity index (χ4v) is 1.60. The minimum Gasteiger partial charge on any atom is -0.491 e. The van der Waals surface area contributed by atoms with Crippen LogP contribution >= 0.6 is 0 Å². The number of rotatable bonds is 3. The van der Waals surface area contributed by atoms with Gasteiger partial charge in [-0.2, -0.15) is 0 Å². The van der Waals surface area contributed by atoms with Crippen LogP contribution in [0.5, 0.6) is 5.75 Å². The van der Waals surface area contributed by atoms with Crippen molar-refractivity contribution in [3.8, 4) is 5.75 Å². The molecule has 0 aromatic heterocycles. The maximum atomic E-state index is 5.62. The summed E-state index contributed by atoms with van der Waals surface area (Å²) in [6.45, 7) is 10.4. The summed E-state index contributed by atoms with van der Waals surface area (Å²) in [4.78, 5) is 0. The van der Waals surface area contributed by atoms with Gasteiger partial charge in [-0.05, 0) is 38.5 Å². The van der Waals surface area contributed by atoms with E-state index in [2.05, 4.69) is 0 Å². The molecule has 0 saturated carbocycles. The van der Waals surface area contributed by atoms with Gasteiger partial charge < -0.3 is 14.2 Å². The molecular weight excluding hydrogens is 204 g/mol. The first-order valence-electron chi connectivity index (χ1n) is 5.35. The summed E-state index contributed by atoms with van der Waals surface area (Å²) in [5.41, 5.74) is 0.730. The smallest absolute Gasteiger partial charge is 0.163 e. The van der Waals surface area contributed by atoms with Crippen LogP contribution in [0, 0.1) is 6.92 Å². The zero-order chi connectivity index (χ0) is 11.6. The van der Waals surface area contributed by atoms with E-state index in [1.54, 1.807) is 0 Å². The molecular formula is C13H16O3. The van der Waals surface area contributed by atoms with Gasteiger partial charge in [0.2, 0.25) is 0 Å². The van der Waals surface area contributed by atoms with E-state index in [9.17, 15) is 0 Å². The van der Waals surface area contributed by atoms with Crippen LogP contribution in [0.2, 0.25) is 0 Å². The van der Waals surface area contributed by atoms with Crippen LogP contribution in [0.3, 0.4) is 0 Å². The Morgan fingerprint density at radius 2 is 2.06 bits per heavy atom. The molecule has 86 valence electrons. The molecule has 1 aromatic carbocycles. The molecule has 0 N–H and O–H groups in total. The van der Waals surface area contributed by atoms with Crippen LogP contribution in [0.15, 0.2) is 24.3 Å². The summed E-state index contributed by atoms with van der Waals surface area (Å²) >= 11 is 0. The topological polar surface area (TPSA) is 27.7 Å². The second-order valence-electron chi connectivity index (χ2n) is 4.33. The van der Waals surface area contributed by atoms with Crippen molar-refractivity contribution in [3.05, 3.63) is 36.8 Å². The SMILES string of the molecule is [CH]c1ccc(OCC2COC(C)(C)O2)cc1. The van der Waals surface area contributed by atoms with Crippen molar-refractivity contribution < 1.29 is 14.2 Å².